The summed E-state index contributed by atoms with van der Waals surface area (Å²) in [6.45, 7) is 50.7. The zero-order chi connectivity index (χ0) is 44.8. The summed E-state index contributed by atoms with van der Waals surface area (Å²) >= 11 is 0. The second kappa shape index (κ2) is 18.2. The van der Waals surface area contributed by atoms with E-state index in [0.29, 0.717) is 47.3 Å². The Hall–Kier alpha value is -4.22. The van der Waals surface area contributed by atoms with Gasteiger partial charge in [-0.1, -0.05) is 197 Å². The first-order chi connectivity index (χ1) is 28.7. The highest BCUT2D eigenvalue weighted by Gasteiger charge is 2.48. The Morgan fingerprint density at radius 3 is 0.721 bits per heavy atom. The molecule has 4 aromatic rings. The van der Waals surface area contributed by atoms with Crippen LogP contribution in [0.15, 0.2) is 95.8 Å². The van der Waals surface area contributed by atoms with Crippen LogP contribution in [-0.4, -0.2) is 8.07 Å². The van der Waals surface area contributed by atoms with Gasteiger partial charge in [0.15, 0.2) is 8.07 Å². The molecule has 0 unspecified atom stereocenters. The topological polar surface area (TPSA) is 13.0 Å². The van der Waals surface area contributed by atoms with E-state index >= 15 is 0 Å². The van der Waals surface area contributed by atoms with E-state index in [-0.39, 0.29) is 0 Å². The molecule has 2 heterocycles. The minimum Gasteiger partial charge on any atom is -0.315 e. The first kappa shape index (κ1) is 46.3. The van der Waals surface area contributed by atoms with Gasteiger partial charge in [-0.3, -0.25) is 0 Å². The third-order valence-corrected chi connectivity index (χ3v) is 16.2. The van der Waals surface area contributed by atoms with Crippen molar-refractivity contribution in [1.82, 2.24) is 0 Å². The molecule has 0 saturated heterocycles. The number of nitrogens with zero attached hydrogens (tertiary/aromatic N) is 4. The van der Waals surface area contributed by atoms with Gasteiger partial charge in [-0.15, -0.1) is 0 Å². The molecule has 4 aromatic carbocycles. The van der Waals surface area contributed by atoms with Crippen LogP contribution in [0.5, 0.6) is 0 Å². The summed E-state index contributed by atoms with van der Waals surface area (Å²) in [6.07, 6.45) is 4.95. The highest BCUT2D eigenvalue weighted by atomic mass is 28.3. The van der Waals surface area contributed by atoms with Gasteiger partial charge in [-0.2, -0.15) is 0 Å². The molecule has 61 heavy (non-hydrogen) atoms. The van der Waals surface area contributed by atoms with Gasteiger partial charge in [0.25, 0.3) is 0 Å². The lowest BCUT2D eigenvalue weighted by Gasteiger charge is -2.39. The number of para-hydroxylation sites is 4. The number of benzene rings is 4. The van der Waals surface area contributed by atoms with Crippen LogP contribution in [0.4, 0.5) is 22.7 Å². The van der Waals surface area contributed by atoms with Crippen LogP contribution in [0.25, 0.3) is 0 Å². The standard InChI is InChI=1S/C56H76N4Si/c1-35(2)43-23-19-24-44(36(3)4)53(43)57-31-51(59(33-57)55-47(39(9)10)27-21-28-48(55)40(11)12)61(17,18)52-32-58(54-45(37(5)6)25-20-26-46(54)38(7)8)34-60(52)56-49(41(13)14)29-22-30-50(56)42(15)16/h19-32,35-42H,1-18H3. The monoisotopic (exact) mass is 833 g/mol. The van der Waals surface area contributed by atoms with Gasteiger partial charge >= 0.3 is 0 Å². The summed E-state index contributed by atoms with van der Waals surface area (Å²) in [5.74, 6) is 2.73. The molecular weight excluding hydrogens is 757 g/mol. The average Bonchev–Trinajstić information content (AvgIpc) is 3.86. The van der Waals surface area contributed by atoms with Crippen LogP contribution in [0.2, 0.25) is 13.1 Å². The Kier molecular flexibility index (Phi) is 13.8. The van der Waals surface area contributed by atoms with Crippen LogP contribution in [-0.2, 0) is 0 Å². The van der Waals surface area contributed by atoms with Gasteiger partial charge in [-0.05, 0) is 91.9 Å². The van der Waals surface area contributed by atoms with Gasteiger partial charge < -0.3 is 19.6 Å². The van der Waals surface area contributed by atoms with E-state index < -0.39 is 8.07 Å². The van der Waals surface area contributed by atoms with E-state index in [1.165, 1.54) is 77.9 Å². The van der Waals surface area contributed by atoms with Crippen molar-refractivity contribution in [1.29, 1.82) is 0 Å². The van der Waals surface area contributed by atoms with Gasteiger partial charge in [0.1, 0.15) is 0 Å². The maximum absolute atomic E-state index is 4.12. The molecule has 324 valence electrons. The van der Waals surface area contributed by atoms with Crippen molar-refractivity contribution >= 4 is 30.8 Å². The Bertz CT molecular complexity index is 1990. The number of hydrogen-bond donors (Lipinski definition) is 0. The maximum atomic E-state index is 4.12. The second-order valence-electron chi connectivity index (χ2n) is 20.6. The number of anilines is 4. The largest absolute Gasteiger partial charge is 0.315 e. The van der Waals surface area contributed by atoms with E-state index in [9.17, 15) is 0 Å². The molecular formula is C56H76N4Si. The van der Waals surface area contributed by atoms with Gasteiger partial charge in [-0.25, -0.2) is 0 Å². The van der Waals surface area contributed by atoms with Crippen molar-refractivity contribution in [3.8, 4) is 0 Å². The Morgan fingerprint density at radius 1 is 0.328 bits per heavy atom. The van der Waals surface area contributed by atoms with E-state index in [0.717, 1.165) is 0 Å². The summed E-state index contributed by atoms with van der Waals surface area (Å²) in [5.41, 5.74) is 15.9. The third-order valence-electron chi connectivity index (χ3n) is 13.0. The summed E-state index contributed by atoms with van der Waals surface area (Å²) in [4.78, 5) is 9.79. The minimum absolute atomic E-state index is 0.331. The molecule has 2 aliphatic heterocycles. The lowest BCUT2D eigenvalue weighted by Crippen LogP contribution is -2.45. The van der Waals surface area contributed by atoms with Crippen molar-refractivity contribution < 1.29 is 0 Å². The predicted octanol–water partition coefficient (Wildman–Crippen LogP) is 16.5. The summed E-state index contributed by atoms with van der Waals surface area (Å²) in [7, 11) is -2.72. The molecule has 0 N–H and O–H groups in total. The van der Waals surface area contributed by atoms with Crippen LogP contribution in [0.1, 0.15) is 203 Å². The maximum Gasteiger partial charge on any atom is 0.217 e. The van der Waals surface area contributed by atoms with Crippen LogP contribution >= 0.6 is 0 Å². The molecule has 2 aliphatic rings. The quantitative estimate of drug-likeness (QED) is 0.117. The van der Waals surface area contributed by atoms with E-state index in [1.54, 1.807) is 0 Å². The number of hydrogen-bond acceptors (Lipinski definition) is 4. The third kappa shape index (κ3) is 8.75. The van der Waals surface area contributed by atoms with E-state index in [2.05, 4.69) is 242 Å². The van der Waals surface area contributed by atoms with Gasteiger partial charge in [0, 0.05) is 34.4 Å². The highest BCUT2D eigenvalue weighted by molar-refractivity contribution is 6.91. The zero-order valence-electron chi connectivity index (χ0n) is 41.0. The lowest BCUT2D eigenvalue weighted by molar-refractivity contribution is 0.817. The average molecular weight is 833 g/mol. The molecule has 0 spiro atoms. The van der Waals surface area contributed by atoms with E-state index in [4.69, 9.17) is 0 Å². The van der Waals surface area contributed by atoms with Crippen molar-refractivity contribution in [2.24, 2.45) is 0 Å². The molecule has 0 aromatic heterocycles. The first-order valence-corrected chi connectivity index (χ1v) is 26.4. The zero-order valence-corrected chi connectivity index (χ0v) is 42.0. The predicted molar refractivity (Wildman–Crippen MR) is 269 cm³/mol. The Labute approximate surface area is 373 Å². The second-order valence-corrected chi connectivity index (χ2v) is 24.9. The lowest BCUT2D eigenvalue weighted by atomic mass is 9.91. The van der Waals surface area contributed by atoms with E-state index in [1.807, 2.05) is 0 Å². The molecule has 0 saturated carbocycles. The fourth-order valence-electron chi connectivity index (χ4n) is 9.44. The summed E-state index contributed by atoms with van der Waals surface area (Å²) in [5, 5.41) is 2.65. The number of rotatable bonds is 14. The molecule has 5 heteroatoms. The first-order valence-electron chi connectivity index (χ1n) is 23.4. The minimum atomic E-state index is -2.72. The fourth-order valence-corrected chi connectivity index (χ4v) is 12.1. The van der Waals surface area contributed by atoms with Gasteiger partial charge in [0.05, 0.1) is 11.4 Å². The van der Waals surface area contributed by atoms with Gasteiger partial charge in [0.2, 0.25) is 13.3 Å². The summed E-state index contributed by atoms with van der Waals surface area (Å²) < 4.78 is 0. The smallest absolute Gasteiger partial charge is 0.217 e. The van der Waals surface area contributed by atoms with Crippen LogP contribution < -0.4 is 19.6 Å². The molecule has 0 fully saturated rings. The van der Waals surface area contributed by atoms with Crippen LogP contribution in [0, 0.1) is 13.3 Å². The summed E-state index contributed by atoms with van der Waals surface area (Å²) in [6, 6.07) is 27.7. The van der Waals surface area contributed by atoms with Crippen molar-refractivity contribution in [2.75, 3.05) is 19.6 Å². The van der Waals surface area contributed by atoms with Crippen LogP contribution in [0.3, 0.4) is 0 Å². The van der Waals surface area contributed by atoms with Crippen molar-refractivity contribution in [3.63, 3.8) is 0 Å². The fraction of sp³-hybridized carbons (Fsp3) is 0.464. The SMILES string of the molecule is CC(C)c1cccc(C(C)C)c1N1[C]N(c2c(C(C)C)cccc2C(C)C)C([Si](C)(C)C2=CN(c3c(C(C)C)cccc3C(C)C)[C]N2c2c(C(C)C)cccc2C(C)C)=C1. The highest BCUT2D eigenvalue weighted by Crippen LogP contribution is 2.51. The Morgan fingerprint density at radius 2 is 0.525 bits per heavy atom. The molecule has 4 radical (unpaired) electrons. The Balaban J connectivity index is 1.71. The molecule has 0 bridgehead atoms. The van der Waals surface area contributed by atoms with Crippen molar-refractivity contribution in [3.05, 3.63) is 154 Å². The molecule has 0 aliphatic carbocycles. The van der Waals surface area contributed by atoms with Crippen molar-refractivity contribution in [2.45, 2.75) is 171 Å². The molecule has 4 nitrogen and oxygen atoms in total. The normalized spacial score (nSPS) is 15.2. The molecule has 0 atom stereocenters. The molecule has 0 amide bonds. The molecule has 6 rings (SSSR count).